The van der Waals surface area contributed by atoms with E-state index in [9.17, 15) is 9.90 Å². The van der Waals surface area contributed by atoms with Crippen molar-refractivity contribution in [3.05, 3.63) is 102 Å². The lowest BCUT2D eigenvalue weighted by molar-refractivity contribution is 0.0526. The topological polar surface area (TPSA) is 74.2 Å². The number of aliphatic hydroxyl groups excluding tert-OH is 1. The number of rotatable bonds is 5. The predicted molar refractivity (Wildman–Crippen MR) is 137 cm³/mol. The molecule has 174 valence electrons. The minimum absolute atomic E-state index is 0.107. The van der Waals surface area contributed by atoms with Gasteiger partial charge in [0.15, 0.2) is 0 Å². The summed E-state index contributed by atoms with van der Waals surface area (Å²) in [6.07, 6.45) is 5.84. The van der Waals surface area contributed by atoms with E-state index in [-0.39, 0.29) is 12.5 Å². The molecular weight excluding hydrogens is 460 g/mol. The molecule has 0 spiro atoms. The van der Waals surface area contributed by atoms with E-state index in [1.165, 1.54) is 0 Å². The molecule has 0 bridgehead atoms. The summed E-state index contributed by atoms with van der Waals surface area (Å²) in [6.45, 7) is 0.981. The molecule has 2 aromatic carbocycles. The van der Waals surface area contributed by atoms with Crippen molar-refractivity contribution >= 4 is 28.5 Å². The first-order valence-corrected chi connectivity index (χ1v) is 11.9. The number of amides is 1. The zero-order valence-corrected chi connectivity index (χ0v) is 19.6. The minimum atomic E-state index is -0.445. The number of H-pyrrole nitrogens is 1. The molecule has 1 aliphatic heterocycles. The Morgan fingerprint density at radius 3 is 2.66 bits per heavy atom. The second kappa shape index (κ2) is 8.73. The molecule has 7 heteroatoms. The van der Waals surface area contributed by atoms with Crippen LogP contribution in [0.3, 0.4) is 0 Å². The smallest absolute Gasteiger partial charge is 0.271 e. The van der Waals surface area contributed by atoms with Gasteiger partial charge < -0.3 is 19.6 Å². The van der Waals surface area contributed by atoms with Crippen LogP contribution in [0.25, 0.3) is 33.3 Å². The van der Waals surface area contributed by atoms with Crippen molar-refractivity contribution in [3.63, 3.8) is 0 Å². The normalized spacial score (nSPS) is 14.3. The fourth-order valence-corrected chi connectivity index (χ4v) is 5.11. The van der Waals surface area contributed by atoms with Crippen LogP contribution in [0.4, 0.5) is 0 Å². The number of nitrogens with one attached hydrogen (secondary N) is 1. The third-order valence-electron chi connectivity index (χ3n) is 6.69. The van der Waals surface area contributed by atoms with E-state index in [1.807, 2.05) is 59.6 Å². The van der Waals surface area contributed by atoms with Crippen LogP contribution in [-0.2, 0) is 6.54 Å². The van der Waals surface area contributed by atoms with Gasteiger partial charge in [-0.15, -0.1) is 0 Å². The van der Waals surface area contributed by atoms with Crippen molar-refractivity contribution in [1.82, 2.24) is 19.4 Å². The van der Waals surface area contributed by atoms with Crippen molar-refractivity contribution in [2.75, 3.05) is 13.2 Å². The maximum atomic E-state index is 13.5. The number of aromatic amines is 1. The van der Waals surface area contributed by atoms with Crippen LogP contribution in [0.5, 0.6) is 0 Å². The number of carbonyl (C=O) groups excluding carboxylic acids is 1. The Kier molecular flexibility index (Phi) is 5.40. The summed E-state index contributed by atoms with van der Waals surface area (Å²) in [6, 6.07) is 21.1. The molecule has 3 aromatic heterocycles. The maximum absolute atomic E-state index is 13.5. The fourth-order valence-electron chi connectivity index (χ4n) is 4.91. The molecule has 5 aromatic rings. The number of hydrogen-bond donors (Lipinski definition) is 2. The van der Waals surface area contributed by atoms with Crippen molar-refractivity contribution in [1.29, 1.82) is 0 Å². The van der Waals surface area contributed by atoms with Crippen LogP contribution in [-0.4, -0.2) is 43.6 Å². The first-order valence-electron chi connectivity index (χ1n) is 11.5. The highest BCUT2D eigenvalue weighted by Gasteiger charge is 2.31. The summed E-state index contributed by atoms with van der Waals surface area (Å²) in [4.78, 5) is 23.1. The van der Waals surface area contributed by atoms with Gasteiger partial charge in [0.1, 0.15) is 11.3 Å². The van der Waals surface area contributed by atoms with E-state index in [0.717, 1.165) is 38.9 Å². The summed E-state index contributed by atoms with van der Waals surface area (Å²) in [7, 11) is 0. The van der Waals surface area contributed by atoms with Crippen LogP contribution < -0.4 is 0 Å². The van der Waals surface area contributed by atoms with Crippen LogP contribution in [0.15, 0.2) is 85.3 Å². The molecule has 1 atom stereocenters. The van der Waals surface area contributed by atoms with Crippen LogP contribution in [0.2, 0.25) is 5.02 Å². The minimum Gasteiger partial charge on any atom is -0.394 e. The zero-order chi connectivity index (χ0) is 23.9. The van der Waals surface area contributed by atoms with E-state index in [4.69, 9.17) is 11.6 Å². The van der Waals surface area contributed by atoms with Gasteiger partial charge in [0.05, 0.1) is 12.6 Å². The summed E-state index contributed by atoms with van der Waals surface area (Å²) in [5.41, 5.74) is 6.33. The monoisotopic (exact) mass is 482 g/mol. The molecule has 0 fully saturated rings. The van der Waals surface area contributed by atoms with Gasteiger partial charge in [-0.25, -0.2) is 4.98 Å². The van der Waals surface area contributed by atoms with E-state index in [2.05, 4.69) is 28.2 Å². The molecular formula is C28H23ClN4O2. The lowest BCUT2D eigenvalue weighted by atomic mass is 10.0. The standard InChI is InChI=1S/C28H23ClN4O2/c29-22-8-4-7-19(11-22)26(17-34)33-10-9-32-16-21(13-25(32)28(33)35)24-15-31-27-23(24)12-20(14-30-27)18-5-2-1-3-6-18/h1-8,11-16,26,34H,9-10,17H2,(H,30,31)/t26-/m1/s1. The summed E-state index contributed by atoms with van der Waals surface area (Å²) >= 11 is 6.16. The lowest BCUT2D eigenvalue weighted by Crippen LogP contribution is -2.43. The number of aromatic nitrogens is 3. The van der Waals surface area contributed by atoms with Gasteiger partial charge in [-0.2, -0.15) is 0 Å². The molecule has 1 amide bonds. The number of carbonyl (C=O) groups is 1. The first-order chi connectivity index (χ1) is 17.1. The second-order valence-corrected chi connectivity index (χ2v) is 9.18. The maximum Gasteiger partial charge on any atom is 0.271 e. The van der Waals surface area contributed by atoms with Gasteiger partial charge in [-0.1, -0.05) is 54.1 Å². The Bertz CT molecular complexity index is 1540. The summed E-state index contributed by atoms with van der Waals surface area (Å²) in [5.74, 6) is -0.107. The molecule has 6 rings (SSSR count). The Morgan fingerprint density at radius 1 is 1.00 bits per heavy atom. The number of nitrogens with zero attached hydrogens (tertiary/aromatic N) is 3. The molecule has 1 aliphatic rings. The van der Waals surface area contributed by atoms with Crippen LogP contribution >= 0.6 is 11.6 Å². The largest absolute Gasteiger partial charge is 0.394 e. The van der Waals surface area contributed by atoms with Gasteiger partial charge in [-0.05, 0) is 35.4 Å². The fraction of sp³-hybridized carbons (Fsp3) is 0.143. The average molecular weight is 483 g/mol. The predicted octanol–water partition coefficient (Wildman–Crippen LogP) is 5.54. The molecule has 35 heavy (non-hydrogen) atoms. The van der Waals surface area contributed by atoms with Crippen LogP contribution in [0.1, 0.15) is 22.1 Å². The molecule has 0 saturated heterocycles. The molecule has 2 N–H and O–H groups in total. The molecule has 0 radical (unpaired) electrons. The summed E-state index contributed by atoms with van der Waals surface area (Å²) in [5, 5.41) is 11.7. The number of fused-ring (bicyclic) bond motifs is 2. The van der Waals surface area contributed by atoms with Crippen molar-refractivity contribution in [3.8, 4) is 22.3 Å². The highest BCUT2D eigenvalue weighted by molar-refractivity contribution is 6.30. The second-order valence-electron chi connectivity index (χ2n) is 8.75. The Morgan fingerprint density at radius 2 is 1.86 bits per heavy atom. The molecule has 6 nitrogen and oxygen atoms in total. The van der Waals surface area contributed by atoms with Crippen molar-refractivity contribution < 1.29 is 9.90 Å². The highest BCUT2D eigenvalue weighted by Crippen LogP contribution is 2.34. The Labute approximate surface area is 207 Å². The van der Waals surface area contributed by atoms with Gasteiger partial charge in [-0.3, -0.25) is 4.79 Å². The molecule has 0 aliphatic carbocycles. The number of hydrogen-bond acceptors (Lipinski definition) is 3. The van der Waals surface area contributed by atoms with Gasteiger partial charge >= 0.3 is 0 Å². The van der Waals surface area contributed by atoms with Gasteiger partial charge in [0, 0.05) is 58.8 Å². The molecule has 0 saturated carbocycles. The Balaban J connectivity index is 1.36. The highest BCUT2D eigenvalue weighted by atomic mass is 35.5. The number of halogens is 1. The lowest BCUT2D eigenvalue weighted by Gasteiger charge is -2.34. The van der Waals surface area contributed by atoms with E-state index in [0.29, 0.717) is 23.8 Å². The first kappa shape index (κ1) is 21.6. The Hall–Kier alpha value is -3.87. The summed E-state index contributed by atoms with van der Waals surface area (Å²) < 4.78 is 1.99. The quantitative estimate of drug-likeness (QED) is 0.345. The van der Waals surface area contributed by atoms with Gasteiger partial charge in [0.25, 0.3) is 5.91 Å². The molecule has 0 unspecified atom stereocenters. The number of pyridine rings is 1. The third-order valence-corrected chi connectivity index (χ3v) is 6.93. The zero-order valence-electron chi connectivity index (χ0n) is 18.9. The molecule has 4 heterocycles. The SMILES string of the molecule is O=C1c2cc(-c3c[nH]c4ncc(-c5ccccc5)cc34)cn2CCN1[C@H](CO)c1cccc(Cl)c1. The van der Waals surface area contributed by atoms with E-state index < -0.39 is 6.04 Å². The number of aliphatic hydroxyl groups is 1. The average Bonchev–Trinajstić information content (AvgIpc) is 3.50. The third kappa shape index (κ3) is 3.81. The van der Waals surface area contributed by atoms with E-state index >= 15 is 0 Å². The van der Waals surface area contributed by atoms with Gasteiger partial charge in [0.2, 0.25) is 0 Å². The number of benzene rings is 2. The van der Waals surface area contributed by atoms with Crippen molar-refractivity contribution in [2.24, 2.45) is 0 Å². The van der Waals surface area contributed by atoms with Crippen LogP contribution in [0, 0.1) is 0 Å². The van der Waals surface area contributed by atoms with Crippen molar-refractivity contribution in [2.45, 2.75) is 12.6 Å². The van der Waals surface area contributed by atoms with E-state index in [1.54, 1.807) is 17.0 Å².